The molecule has 0 spiro atoms. The Morgan fingerprint density at radius 1 is 1.67 bits per heavy atom. The summed E-state index contributed by atoms with van der Waals surface area (Å²) >= 11 is 0. The third-order valence-electron chi connectivity index (χ3n) is 2.32. The van der Waals surface area contributed by atoms with E-state index in [0.29, 0.717) is 13.0 Å². The van der Waals surface area contributed by atoms with E-state index in [1.54, 1.807) is 0 Å². The Hall–Kier alpha value is -1.14. The van der Waals surface area contributed by atoms with Gasteiger partial charge in [-0.15, -0.1) is 0 Å². The Morgan fingerprint density at radius 3 is 3.00 bits per heavy atom. The van der Waals surface area contributed by atoms with Crippen molar-refractivity contribution in [2.24, 2.45) is 5.92 Å². The fourth-order valence-corrected chi connectivity index (χ4v) is 1.43. The number of amides is 2. The van der Waals surface area contributed by atoms with Crippen LogP contribution < -0.4 is 10.6 Å². The lowest BCUT2D eigenvalue weighted by Gasteiger charge is -2.21. The maximum atomic E-state index is 11.5. The Labute approximate surface area is 87.7 Å². The molecule has 0 aromatic heterocycles. The zero-order valence-corrected chi connectivity index (χ0v) is 8.40. The number of aliphatic hydroxyl groups excluding tert-OH is 2. The van der Waals surface area contributed by atoms with Crippen LogP contribution in [0.1, 0.15) is 12.8 Å². The molecule has 2 amide bonds. The molecule has 6 nitrogen and oxygen atoms in total. The topological polar surface area (TPSA) is 98.7 Å². The van der Waals surface area contributed by atoms with Crippen molar-refractivity contribution in [1.29, 1.82) is 0 Å². The average Bonchev–Trinajstić information content (AvgIpc) is 2.26. The largest absolute Gasteiger partial charge is 0.394 e. The summed E-state index contributed by atoms with van der Waals surface area (Å²) in [5.74, 6) is -1.32. The number of carbonyl (C=O) groups is 2. The molecule has 1 aliphatic heterocycles. The molecule has 1 heterocycles. The van der Waals surface area contributed by atoms with Crippen molar-refractivity contribution in [2.45, 2.75) is 18.9 Å². The fourth-order valence-electron chi connectivity index (χ4n) is 1.43. The van der Waals surface area contributed by atoms with Crippen molar-refractivity contribution >= 4 is 11.8 Å². The summed E-state index contributed by atoms with van der Waals surface area (Å²) < 4.78 is 0. The Bertz CT molecular complexity index is 244. The van der Waals surface area contributed by atoms with Gasteiger partial charge in [-0.3, -0.25) is 9.59 Å². The van der Waals surface area contributed by atoms with E-state index in [-0.39, 0.29) is 18.4 Å². The first-order valence-corrected chi connectivity index (χ1v) is 4.99. The van der Waals surface area contributed by atoms with E-state index in [0.717, 1.165) is 6.42 Å². The van der Waals surface area contributed by atoms with Crippen molar-refractivity contribution in [3.8, 4) is 0 Å². The third-order valence-corrected chi connectivity index (χ3v) is 2.32. The zero-order valence-electron chi connectivity index (χ0n) is 8.40. The summed E-state index contributed by atoms with van der Waals surface area (Å²) in [5, 5.41) is 22.6. The van der Waals surface area contributed by atoms with Crippen LogP contribution in [0.5, 0.6) is 0 Å². The summed E-state index contributed by atoms with van der Waals surface area (Å²) in [6.07, 6.45) is 0.347. The van der Waals surface area contributed by atoms with Crippen molar-refractivity contribution < 1.29 is 19.8 Å². The molecule has 0 aromatic rings. The number of nitrogens with one attached hydrogen (secondary N) is 2. The molecule has 2 atom stereocenters. The van der Waals surface area contributed by atoms with Crippen LogP contribution in [0.4, 0.5) is 0 Å². The highest BCUT2D eigenvalue weighted by molar-refractivity contribution is 6.00. The van der Waals surface area contributed by atoms with Gasteiger partial charge in [0.1, 0.15) is 5.92 Å². The van der Waals surface area contributed by atoms with Crippen molar-refractivity contribution in [1.82, 2.24) is 10.6 Å². The predicted octanol–water partition coefficient (Wildman–Crippen LogP) is -2.02. The second-order valence-electron chi connectivity index (χ2n) is 3.57. The lowest BCUT2D eigenvalue weighted by atomic mass is 9.98. The maximum Gasteiger partial charge on any atom is 0.232 e. The molecule has 0 radical (unpaired) electrons. The quantitative estimate of drug-likeness (QED) is 0.408. The first kappa shape index (κ1) is 11.9. The Balaban J connectivity index is 2.35. The molecule has 1 aliphatic rings. The third kappa shape index (κ3) is 3.49. The molecule has 0 aliphatic carbocycles. The standard InChI is InChI=1S/C9H16N2O4/c12-5-6(13)4-11-9(15)7-2-1-3-10-8(7)14/h6-7,12-13H,1-5H2,(H,10,14)(H,11,15)/t6-,7+/m1/s1. The molecule has 1 fully saturated rings. The number of hydrogen-bond acceptors (Lipinski definition) is 4. The van der Waals surface area contributed by atoms with Gasteiger partial charge in [0, 0.05) is 13.1 Å². The summed E-state index contributed by atoms with van der Waals surface area (Å²) in [6.45, 7) is 0.179. The maximum absolute atomic E-state index is 11.5. The highest BCUT2D eigenvalue weighted by Gasteiger charge is 2.28. The van der Waals surface area contributed by atoms with Crippen LogP contribution >= 0.6 is 0 Å². The SMILES string of the molecule is O=C1NCCC[C@@H]1C(=O)NC[C@@H](O)CO. The molecule has 0 bridgehead atoms. The van der Waals surface area contributed by atoms with Gasteiger partial charge < -0.3 is 20.8 Å². The van der Waals surface area contributed by atoms with E-state index >= 15 is 0 Å². The molecular weight excluding hydrogens is 200 g/mol. The van der Waals surface area contributed by atoms with E-state index < -0.39 is 18.6 Å². The predicted molar refractivity (Wildman–Crippen MR) is 51.8 cm³/mol. The van der Waals surface area contributed by atoms with Gasteiger partial charge in [-0.05, 0) is 12.8 Å². The molecular formula is C9H16N2O4. The van der Waals surface area contributed by atoms with Gasteiger partial charge >= 0.3 is 0 Å². The minimum absolute atomic E-state index is 0.0287. The average molecular weight is 216 g/mol. The van der Waals surface area contributed by atoms with E-state index in [1.807, 2.05) is 0 Å². The summed E-state index contributed by atoms with van der Waals surface area (Å²) in [7, 11) is 0. The number of carbonyl (C=O) groups excluding carboxylic acids is 2. The first-order valence-electron chi connectivity index (χ1n) is 4.99. The number of rotatable bonds is 4. The molecule has 0 unspecified atom stereocenters. The van der Waals surface area contributed by atoms with Gasteiger partial charge in [0.05, 0.1) is 12.7 Å². The van der Waals surface area contributed by atoms with E-state index in [9.17, 15) is 9.59 Å². The molecule has 6 heteroatoms. The second kappa shape index (κ2) is 5.67. The highest BCUT2D eigenvalue weighted by Crippen LogP contribution is 2.10. The van der Waals surface area contributed by atoms with Gasteiger partial charge in [0.15, 0.2) is 0 Å². The van der Waals surface area contributed by atoms with E-state index in [4.69, 9.17) is 10.2 Å². The number of piperidine rings is 1. The van der Waals surface area contributed by atoms with Gasteiger partial charge in [0.25, 0.3) is 0 Å². The monoisotopic (exact) mass is 216 g/mol. The first-order chi connectivity index (χ1) is 7.15. The van der Waals surface area contributed by atoms with Gasteiger partial charge in [-0.25, -0.2) is 0 Å². The molecule has 86 valence electrons. The van der Waals surface area contributed by atoms with Crippen LogP contribution in [0.3, 0.4) is 0 Å². The molecule has 0 aromatic carbocycles. The van der Waals surface area contributed by atoms with Gasteiger partial charge in [0.2, 0.25) is 11.8 Å². The minimum atomic E-state index is -0.972. The van der Waals surface area contributed by atoms with E-state index in [1.165, 1.54) is 0 Å². The summed E-state index contributed by atoms with van der Waals surface area (Å²) in [6, 6.07) is 0. The van der Waals surface area contributed by atoms with Crippen LogP contribution in [0.15, 0.2) is 0 Å². The minimum Gasteiger partial charge on any atom is -0.394 e. The van der Waals surface area contributed by atoms with Crippen LogP contribution in [0, 0.1) is 5.92 Å². The summed E-state index contributed by atoms with van der Waals surface area (Å²) in [4.78, 5) is 22.7. The summed E-state index contributed by atoms with van der Waals surface area (Å²) in [5.41, 5.74) is 0. The van der Waals surface area contributed by atoms with Crippen LogP contribution in [-0.2, 0) is 9.59 Å². The molecule has 4 N–H and O–H groups in total. The molecule has 1 saturated heterocycles. The van der Waals surface area contributed by atoms with Crippen LogP contribution in [0.2, 0.25) is 0 Å². The Morgan fingerprint density at radius 2 is 2.40 bits per heavy atom. The van der Waals surface area contributed by atoms with Crippen molar-refractivity contribution in [3.05, 3.63) is 0 Å². The fraction of sp³-hybridized carbons (Fsp3) is 0.778. The number of aliphatic hydroxyl groups is 2. The zero-order chi connectivity index (χ0) is 11.3. The van der Waals surface area contributed by atoms with Crippen molar-refractivity contribution in [2.75, 3.05) is 19.7 Å². The molecule has 1 rings (SSSR count). The van der Waals surface area contributed by atoms with Crippen LogP contribution in [0.25, 0.3) is 0 Å². The molecule has 0 saturated carbocycles. The normalized spacial score (nSPS) is 23.1. The second-order valence-corrected chi connectivity index (χ2v) is 3.57. The lowest BCUT2D eigenvalue weighted by Crippen LogP contribution is -2.46. The highest BCUT2D eigenvalue weighted by atomic mass is 16.3. The lowest BCUT2D eigenvalue weighted by molar-refractivity contribution is -0.137. The Kier molecular flexibility index (Phi) is 4.51. The van der Waals surface area contributed by atoms with Crippen molar-refractivity contribution in [3.63, 3.8) is 0 Å². The molecule has 15 heavy (non-hydrogen) atoms. The van der Waals surface area contributed by atoms with E-state index in [2.05, 4.69) is 10.6 Å². The smallest absolute Gasteiger partial charge is 0.232 e. The number of hydrogen-bond donors (Lipinski definition) is 4. The van der Waals surface area contributed by atoms with Crippen LogP contribution in [-0.4, -0.2) is 47.8 Å². The van der Waals surface area contributed by atoms with Gasteiger partial charge in [-0.2, -0.15) is 0 Å². The van der Waals surface area contributed by atoms with Gasteiger partial charge in [-0.1, -0.05) is 0 Å².